The maximum atomic E-state index is 6.21. The SMILES string of the molecule is C=N/C=C\C=C\c1cc(-c2ccc3c(c2)C2C=CC=CC2O3)cc(-c2nc(-c3ccccc3)nc(-c3ccccc3)n2)c1. The van der Waals surface area contributed by atoms with Gasteiger partial charge in [0.1, 0.15) is 11.9 Å². The summed E-state index contributed by atoms with van der Waals surface area (Å²) >= 11 is 0. The molecular formula is C38H28N4O. The summed E-state index contributed by atoms with van der Waals surface area (Å²) in [6, 6.07) is 32.9. The molecule has 0 spiro atoms. The predicted molar refractivity (Wildman–Crippen MR) is 175 cm³/mol. The van der Waals surface area contributed by atoms with Crippen molar-refractivity contribution in [2.75, 3.05) is 0 Å². The summed E-state index contributed by atoms with van der Waals surface area (Å²) in [5, 5.41) is 0. The van der Waals surface area contributed by atoms with E-state index in [1.54, 1.807) is 6.20 Å². The van der Waals surface area contributed by atoms with Crippen molar-refractivity contribution in [1.29, 1.82) is 0 Å². The van der Waals surface area contributed by atoms with Gasteiger partial charge in [0.2, 0.25) is 0 Å². The third-order valence-corrected chi connectivity index (χ3v) is 7.55. The largest absolute Gasteiger partial charge is 0.485 e. The molecule has 0 N–H and O–H groups in total. The van der Waals surface area contributed by atoms with Gasteiger partial charge in [-0.05, 0) is 65.9 Å². The van der Waals surface area contributed by atoms with Gasteiger partial charge in [-0.15, -0.1) is 0 Å². The minimum atomic E-state index is 0.0448. The van der Waals surface area contributed by atoms with Crippen LogP contribution >= 0.6 is 0 Å². The lowest BCUT2D eigenvalue weighted by molar-refractivity contribution is 0.269. The van der Waals surface area contributed by atoms with E-state index in [-0.39, 0.29) is 12.0 Å². The van der Waals surface area contributed by atoms with Crippen LogP contribution in [0.15, 0.2) is 145 Å². The van der Waals surface area contributed by atoms with Gasteiger partial charge in [0.05, 0.1) is 0 Å². The first-order valence-corrected chi connectivity index (χ1v) is 14.2. The van der Waals surface area contributed by atoms with Crippen LogP contribution in [0.25, 0.3) is 51.4 Å². The average molecular weight is 557 g/mol. The quantitative estimate of drug-likeness (QED) is 0.149. The van der Waals surface area contributed by atoms with Crippen LogP contribution in [0.3, 0.4) is 0 Å². The second kappa shape index (κ2) is 11.7. The van der Waals surface area contributed by atoms with Crippen LogP contribution in [0.5, 0.6) is 5.75 Å². The minimum Gasteiger partial charge on any atom is -0.485 e. The van der Waals surface area contributed by atoms with E-state index in [0.29, 0.717) is 17.5 Å². The zero-order chi connectivity index (χ0) is 29.0. The third-order valence-electron chi connectivity index (χ3n) is 7.55. The van der Waals surface area contributed by atoms with E-state index in [4.69, 9.17) is 19.7 Å². The Bertz CT molecular complexity index is 1870. The van der Waals surface area contributed by atoms with E-state index in [0.717, 1.165) is 39.1 Å². The van der Waals surface area contributed by atoms with Crippen LogP contribution in [0.4, 0.5) is 0 Å². The molecule has 1 aliphatic heterocycles. The van der Waals surface area contributed by atoms with Crippen LogP contribution in [0, 0.1) is 0 Å². The molecule has 7 rings (SSSR count). The molecule has 5 heteroatoms. The fourth-order valence-electron chi connectivity index (χ4n) is 5.48. The fourth-order valence-corrected chi connectivity index (χ4v) is 5.48. The first-order valence-electron chi connectivity index (χ1n) is 14.2. The number of aromatic nitrogens is 3. The lowest BCUT2D eigenvalue weighted by Crippen LogP contribution is -2.15. The number of hydrogen-bond acceptors (Lipinski definition) is 5. The summed E-state index contributed by atoms with van der Waals surface area (Å²) in [5.41, 5.74) is 7.14. The van der Waals surface area contributed by atoms with Gasteiger partial charge in [-0.3, -0.25) is 4.99 Å². The Hall–Kier alpha value is -5.68. The number of allylic oxidation sites excluding steroid dienone is 4. The van der Waals surface area contributed by atoms with Gasteiger partial charge in [-0.25, -0.2) is 15.0 Å². The fraction of sp³-hybridized carbons (Fsp3) is 0.0526. The molecule has 2 heterocycles. The number of benzene rings is 4. The third kappa shape index (κ3) is 5.48. The molecule has 2 unspecified atom stereocenters. The van der Waals surface area contributed by atoms with Crippen molar-refractivity contribution >= 4 is 12.8 Å². The van der Waals surface area contributed by atoms with Gasteiger partial charge in [0.15, 0.2) is 17.5 Å². The van der Waals surface area contributed by atoms with E-state index in [1.165, 1.54) is 5.56 Å². The first-order chi connectivity index (χ1) is 21.2. The van der Waals surface area contributed by atoms with Crippen molar-refractivity contribution in [3.8, 4) is 51.0 Å². The molecule has 1 aromatic heterocycles. The van der Waals surface area contributed by atoms with E-state index in [2.05, 4.69) is 72.4 Å². The van der Waals surface area contributed by atoms with Gasteiger partial charge >= 0.3 is 0 Å². The van der Waals surface area contributed by atoms with Crippen LogP contribution in [0.2, 0.25) is 0 Å². The minimum absolute atomic E-state index is 0.0448. The summed E-state index contributed by atoms with van der Waals surface area (Å²) in [4.78, 5) is 18.6. The molecule has 2 aliphatic rings. The molecular weight excluding hydrogens is 528 g/mol. The molecule has 5 nitrogen and oxygen atoms in total. The van der Waals surface area contributed by atoms with Crippen LogP contribution < -0.4 is 4.74 Å². The van der Waals surface area contributed by atoms with Crippen molar-refractivity contribution in [2.45, 2.75) is 12.0 Å². The number of rotatable bonds is 7. The van der Waals surface area contributed by atoms with Crippen molar-refractivity contribution in [3.63, 3.8) is 0 Å². The summed E-state index contributed by atoms with van der Waals surface area (Å²) < 4.78 is 6.21. The lowest BCUT2D eigenvalue weighted by Gasteiger charge is -2.14. The summed E-state index contributed by atoms with van der Waals surface area (Å²) in [6.07, 6.45) is 16.0. The van der Waals surface area contributed by atoms with Crippen molar-refractivity contribution in [2.24, 2.45) is 4.99 Å². The molecule has 0 bridgehead atoms. The molecule has 0 radical (unpaired) electrons. The highest BCUT2D eigenvalue weighted by Gasteiger charge is 2.32. The second-order valence-electron chi connectivity index (χ2n) is 10.4. The highest BCUT2D eigenvalue weighted by molar-refractivity contribution is 5.77. The van der Waals surface area contributed by atoms with Crippen molar-refractivity contribution in [1.82, 2.24) is 15.0 Å². The van der Waals surface area contributed by atoms with Gasteiger partial charge in [-0.2, -0.15) is 0 Å². The zero-order valence-corrected chi connectivity index (χ0v) is 23.4. The van der Waals surface area contributed by atoms with E-state index < -0.39 is 0 Å². The van der Waals surface area contributed by atoms with Crippen LogP contribution in [-0.2, 0) is 0 Å². The lowest BCUT2D eigenvalue weighted by atomic mass is 9.89. The average Bonchev–Trinajstić information content (AvgIpc) is 3.45. The normalized spacial score (nSPS) is 16.7. The van der Waals surface area contributed by atoms with E-state index >= 15 is 0 Å². The zero-order valence-electron chi connectivity index (χ0n) is 23.4. The Kier molecular flexibility index (Phi) is 7.12. The van der Waals surface area contributed by atoms with Crippen molar-refractivity contribution in [3.05, 3.63) is 151 Å². The molecule has 0 saturated carbocycles. The molecule has 2 atom stereocenters. The molecule has 0 saturated heterocycles. The highest BCUT2D eigenvalue weighted by Crippen LogP contribution is 2.43. The predicted octanol–water partition coefficient (Wildman–Crippen LogP) is 8.74. The van der Waals surface area contributed by atoms with Crippen LogP contribution in [0.1, 0.15) is 17.0 Å². The monoisotopic (exact) mass is 556 g/mol. The Morgan fingerprint density at radius 2 is 1.28 bits per heavy atom. The maximum absolute atomic E-state index is 6.21. The molecule has 0 fully saturated rings. The Morgan fingerprint density at radius 1 is 0.628 bits per heavy atom. The number of nitrogens with zero attached hydrogens (tertiary/aromatic N) is 4. The summed E-state index contributed by atoms with van der Waals surface area (Å²) in [5.74, 6) is 3.02. The first kappa shape index (κ1) is 26.2. The topological polar surface area (TPSA) is 60.3 Å². The molecule has 0 amide bonds. The molecule has 4 aromatic carbocycles. The van der Waals surface area contributed by atoms with Gasteiger partial charge in [-0.1, -0.05) is 97.1 Å². The Labute approximate surface area is 251 Å². The van der Waals surface area contributed by atoms with E-state index in [1.807, 2.05) is 78.9 Å². The standard InChI is InChI=1S/C38H28N4O/c1-39-21-11-10-12-26-22-30(29-19-20-35-33(25-29)32-17-8-9-18-34(32)43-35)24-31(23-26)38-41-36(27-13-4-2-5-14-27)40-37(42-38)28-15-6-3-7-16-28/h2-25,32,34H,1H2/b12-10+,21-11-. The number of ether oxygens (including phenoxy) is 1. The maximum Gasteiger partial charge on any atom is 0.164 e. The van der Waals surface area contributed by atoms with Gasteiger partial charge in [0.25, 0.3) is 0 Å². The smallest absolute Gasteiger partial charge is 0.164 e. The van der Waals surface area contributed by atoms with Gasteiger partial charge in [0, 0.05) is 34.4 Å². The highest BCUT2D eigenvalue weighted by atomic mass is 16.5. The van der Waals surface area contributed by atoms with Crippen LogP contribution in [-0.4, -0.2) is 27.8 Å². The Morgan fingerprint density at radius 3 is 1.98 bits per heavy atom. The number of aliphatic imine (C=N–C) groups is 1. The van der Waals surface area contributed by atoms with Crippen molar-refractivity contribution < 1.29 is 4.74 Å². The number of fused-ring (bicyclic) bond motifs is 3. The second-order valence-corrected chi connectivity index (χ2v) is 10.4. The molecule has 5 aromatic rings. The molecule has 206 valence electrons. The van der Waals surface area contributed by atoms with E-state index in [9.17, 15) is 0 Å². The molecule has 1 aliphatic carbocycles. The summed E-state index contributed by atoms with van der Waals surface area (Å²) in [7, 11) is 0. The number of hydrogen-bond donors (Lipinski definition) is 0. The molecule has 43 heavy (non-hydrogen) atoms. The summed E-state index contributed by atoms with van der Waals surface area (Å²) in [6.45, 7) is 3.52. The van der Waals surface area contributed by atoms with Gasteiger partial charge < -0.3 is 4.74 Å². The Balaban J connectivity index is 1.38.